The average Bonchev–Trinajstić information content (AvgIpc) is 2.69. The van der Waals surface area contributed by atoms with E-state index in [9.17, 15) is 22.4 Å². The molecular formula is C20H17FN2O6S. The van der Waals surface area contributed by atoms with Crippen molar-refractivity contribution in [3.8, 4) is 11.4 Å². The molecule has 0 aliphatic carbocycles. The molecule has 8 nitrogen and oxygen atoms in total. The van der Waals surface area contributed by atoms with E-state index >= 15 is 0 Å². The molecule has 3 rings (SSSR count). The highest BCUT2D eigenvalue weighted by molar-refractivity contribution is 7.87. The summed E-state index contributed by atoms with van der Waals surface area (Å²) in [5.41, 5.74) is -0.221. The molecule has 30 heavy (non-hydrogen) atoms. The zero-order valence-corrected chi connectivity index (χ0v) is 16.8. The highest BCUT2D eigenvalue weighted by atomic mass is 32.2. The molecule has 0 N–H and O–H groups in total. The number of hydrogen-bond donors (Lipinski definition) is 0. The number of carbonyl (C=O) groups is 1. The number of benzene rings is 2. The van der Waals surface area contributed by atoms with Gasteiger partial charge in [0.25, 0.3) is 5.56 Å². The first-order chi connectivity index (χ1) is 14.2. The van der Waals surface area contributed by atoms with Crippen molar-refractivity contribution in [1.82, 2.24) is 9.78 Å². The molecule has 0 unspecified atom stereocenters. The van der Waals surface area contributed by atoms with Crippen LogP contribution in [0.4, 0.5) is 4.39 Å². The van der Waals surface area contributed by atoms with E-state index in [0.29, 0.717) is 11.3 Å². The summed E-state index contributed by atoms with van der Waals surface area (Å²) in [6, 6.07) is 12.1. The minimum Gasteiger partial charge on any atom is -0.461 e. The van der Waals surface area contributed by atoms with Crippen molar-refractivity contribution in [3.63, 3.8) is 0 Å². The molecule has 0 aliphatic heterocycles. The molecule has 0 atom stereocenters. The lowest BCUT2D eigenvalue weighted by Gasteiger charge is -2.13. The molecule has 0 bridgehead atoms. The molecule has 0 saturated heterocycles. The number of aryl methyl sites for hydroxylation is 1. The van der Waals surface area contributed by atoms with Crippen LogP contribution < -0.4 is 9.74 Å². The Kier molecular flexibility index (Phi) is 5.97. The Balaban J connectivity index is 2.16. The van der Waals surface area contributed by atoms with Gasteiger partial charge < -0.3 is 8.92 Å². The maximum absolute atomic E-state index is 13.9. The van der Waals surface area contributed by atoms with E-state index in [-0.39, 0.29) is 6.61 Å². The van der Waals surface area contributed by atoms with Gasteiger partial charge in [0, 0.05) is 0 Å². The zero-order valence-electron chi connectivity index (χ0n) is 16.0. The van der Waals surface area contributed by atoms with Crippen LogP contribution in [-0.2, 0) is 14.9 Å². The van der Waals surface area contributed by atoms with Crippen LogP contribution >= 0.6 is 0 Å². The molecule has 1 heterocycles. The Bertz CT molecular complexity index is 1270. The molecule has 0 spiro atoms. The van der Waals surface area contributed by atoms with E-state index in [2.05, 4.69) is 5.10 Å². The predicted molar refractivity (Wildman–Crippen MR) is 105 cm³/mol. The first-order valence-corrected chi connectivity index (χ1v) is 10.2. The number of para-hydroxylation sites is 1. The lowest BCUT2D eigenvalue weighted by molar-refractivity contribution is 0.0515. The maximum Gasteiger partial charge on any atom is 0.362 e. The summed E-state index contributed by atoms with van der Waals surface area (Å²) < 4.78 is 49.8. The van der Waals surface area contributed by atoms with E-state index < -0.39 is 43.8 Å². The van der Waals surface area contributed by atoms with Gasteiger partial charge in [-0.3, -0.25) is 4.79 Å². The second-order valence-corrected chi connectivity index (χ2v) is 7.60. The molecule has 0 radical (unpaired) electrons. The standard InChI is InChI=1S/C20H17FN2O6S/c1-3-28-20(25)19-16(29-30(26,27)17-11-7-5-9-14(17)21)12-18(24)23(22-19)15-10-6-4-8-13(15)2/h4-12H,3H2,1-2H3. The SMILES string of the molecule is CCOC(=O)c1nn(-c2ccccc2C)c(=O)cc1OS(=O)(=O)c1ccccc1F. The highest BCUT2D eigenvalue weighted by Crippen LogP contribution is 2.23. The zero-order chi connectivity index (χ0) is 21.9. The Morgan fingerprint density at radius 3 is 2.47 bits per heavy atom. The van der Waals surface area contributed by atoms with Gasteiger partial charge in [-0.1, -0.05) is 30.3 Å². The van der Waals surface area contributed by atoms with Gasteiger partial charge in [-0.05, 0) is 37.6 Å². The molecule has 1 aromatic heterocycles. The van der Waals surface area contributed by atoms with Crippen molar-refractivity contribution in [2.45, 2.75) is 18.7 Å². The summed E-state index contributed by atoms with van der Waals surface area (Å²) >= 11 is 0. The number of halogens is 1. The fourth-order valence-electron chi connectivity index (χ4n) is 2.63. The number of aromatic nitrogens is 2. The van der Waals surface area contributed by atoms with Gasteiger partial charge in [0.05, 0.1) is 18.4 Å². The molecule has 156 valence electrons. The Hall–Kier alpha value is -3.53. The van der Waals surface area contributed by atoms with Crippen LogP contribution in [-0.4, -0.2) is 30.8 Å². The van der Waals surface area contributed by atoms with Crippen LogP contribution in [0.3, 0.4) is 0 Å². The van der Waals surface area contributed by atoms with Crippen LogP contribution in [0.15, 0.2) is 64.3 Å². The van der Waals surface area contributed by atoms with Gasteiger partial charge in [0.15, 0.2) is 5.75 Å². The Morgan fingerprint density at radius 2 is 1.80 bits per heavy atom. The molecule has 0 fully saturated rings. The van der Waals surface area contributed by atoms with Crippen molar-refractivity contribution < 1.29 is 26.5 Å². The fourth-order valence-corrected chi connectivity index (χ4v) is 3.63. The molecule has 10 heteroatoms. The quantitative estimate of drug-likeness (QED) is 0.436. The number of esters is 1. The van der Waals surface area contributed by atoms with Gasteiger partial charge in [-0.15, -0.1) is 0 Å². The number of nitrogens with zero attached hydrogens (tertiary/aromatic N) is 2. The fraction of sp³-hybridized carbons (Fsp3) is 0.150. The molecule has 0 amide bonds. The van der Waals surface area contributed by atoms with Crippen LogP contribution in [0.1, 0.15) is 23.0 Å². The van der Waals surface area contributed by atoms with Crippen LogP contribution in [0, 0.1) is 12.7 Å². The third kappa shape index (κ3) is 4.23. The lowest BCUT2D eigenvalue weighted by Crippen LogP contribution is -2.26. The van der Waals surface area contributed by atoms with E-state index in [1.54, 1.807) is 38.1 Å². The number of rotatable bonds is 6. The smallest absolute Gasteiger partial charge is 0.362 e. The first-order valence-electron chi connectivity index (χ1n) is 8.81. The largest absolute Gasteiger partial charge is 0.461 e. The molecule has 3 aromatic rings. The molecular weight excluding hydrogens is 415 g/mol. The van der Waals surface area contributed by atoms with Crippen LogP contribution in [0.2, 0.25) is 0 Å². The second-order valence-electron chi connectivity index (χ2n) is 6.08. The van der Waals surface area contributed by atoms with Crippen molar-refractivity contribution in [2.75, 3.05) is 6.61 Å². The molecule has 0 saturated carbocycles. The van der Waals surface area contributed by atoms with Crippen molar-refractivity contribution >= 4 is 16.1 Å². The van der Waals surface area contributed by atoms with Crippen molar-refractivity contribution in [3.05, 3.63) is 82.0 Å². The minimum absolute atomic E-state index is 0.0243. The van der Waals surface area contributed by atoms with Gasteiger partial charge in [0.2, 0.25) is 5.69 Å². The summed E-state index contributed by atoms with van der Waals surface area (Å²) in [5, 5.41) is 3.97. The molecule has 2 aromatic carbocycles. The maximum atomic E-state index is 13.9. The second kappa shape index (κ2) is 8.46. The normalized spacial score (nSPS) is 11.2. The van der Waals surface area contributed by atoms with E-state index in [1.807, 2.05) is 0 Å². The average molecular weight is 432 g/mol. The summed E-state index contributed by atoms with van der Waals surface area (Å²) in [7, 11) is -4.69. The first kappa shape index (κ1) is 21.2. The third-order valence-corrected chi connectivity index (χ3v) is 5.28. The van der Waals surface area contributed by atoms with E-state index in [4.69, 9.17) is 8.92 Å². The number of carbonyl (C=O) groups excluding carboxylic acids is 1. The van der Waals surface area contributed by atoms with Gasteiger partial charge in [0.1, 0.15) is 10.7 Å². The van der Waals surface area contributed by atoms with Gasteiger partial charge >= 0.3 is 16.1 Å². The van der Waals surface area contributed by atoms with Gasteiger partial charge in [-0.25, -0.2) is 9.18 Å². The third-order valence-electron chi connectivity index (χ3n) is 4.01. The van der Waals surface area contributed by atoms with Crippen molar-refractivity contribution in [1.29, 1.82) is 0 Å². The summed E-state index contributed by atoms with van der Waals surface area (Å²) in [5.74, 6) is -2.71. The summed E-state index contributed by atoms with van der Waals surface area (Å²) in [4.78, 5) is 24.3. The number of hydrogen-bond acceptors (Lipinski definition) is 7. The minimum atomic E-state index is -4.69. The predicted octanol–water partition coefficient (Wildman–Crippen LogP) is 2.62. The van der Waals surface area contributed by atoms with E-state index in [1.165, 1.54) is 12.1 Å². The van der Waals surface area contributed by atoms with Crippen LogP contribution in [0.5, 0.6) is 5.75 Å². The summed E-state index contributed by atoms with van der Waals surface area (Å²) in [6.45, 7) is 3.26. The monoisotopic (exact) mass is 432 g/mol. The van der Waals surface area contributed by atoms with Gasteiger partial charge in [-0.2, -0.15) is 18.2 Å². The lowest BCUT2D eigenvalue weighted by atomic mass is 10.2. The van der Waals surface area contributed by atoms with E-state index in [0.717, 1.165) is 22.9 Å². The Labute approximate surface area is 171 Å². The van der Waals surface area contributed by atoms with Crippen LogP contribution in [0.25, 0.3) is 5.69 Å². The summed E-state index contributed by atoms with van der Waals surface area (Å²) in [6.07, 6.45) is 0. The Morgan fingerprint density at radius 1 is 1.13 bits per heavy atom. The van der Waals surface area contributed by atoms with Crippen molar-refractivity contribution in [2.24, 2.45) is 0 Å². The topological polar surface area (TPSA) is 105 Å². The number of ether oxygens (including phenoxy) is 1. The highest BCUT2D eigenvalue weighted by Gasteiger charge is 2.27. The molecule has 0 aliphatic rings.